The second kappa shape index (κ2) is 5.90. The third-order valence-corrected chi connectivity index (χ3v) is 4.89. The fourth-order valence-electron chi connectivity index (χ4n) is 3.55. The smallest absolute Gasteiger partial charge is 0.385 e. The van der Waals surface area contributed by atoms with Crippen molar-refractivity contribution in [3.63, 3.8) is 0 Å². The number of halogens is 3. The molecule has 0 spiro atoms. The highest BCUT2D eigenvalue weighted by molar-refractivity contribution is 5.46. The Morgan fingerprint density at radius 2 is 2.00 bits per heavy atom. The number of hydrogen-bond donors (Lipinski definition) is 1. The van der Waals surface area contributed by atoms with E-state index in [4.69, 9.17) is 0 Å². The van der Waals surface area contributed by atoms with Gasteiger partial charge in [-0.1, -0.05) is 39.7 Å². The van der Waals surface area contributed by atoms with Gasteiger partial charge in [-0.3, -0.25) is 0 Å². The van der Waals surface area contributed by atoms with Gasteiger partial charge in [0, 0.05) is 12.2 Å². The van der Waals surface area contributed by atoms with Crippen molar-refractivity contribution in [2.75, 3.05) is 11.9 Å². The van der Waals surface area contributed by atoms with Crippen LogP contribution in [-0.2, 0) is 6.18 Å². The van der Waals surface area contributed by atoms with Crippen molar-refractivity contribution in [3.05, 3.63) is 29.8 Å². The van der Waals surface area contributed by atoms with Crippen LogP contribution in [0.1, 0.15) is 45.6 Å². The molecule has 21 heavy (non-hydrogen) atoms. The molecule has 118 valence electrons. The Morgan fingerprint density at radius 1 is 1.29 bits per heavy atom. The van der Waals surface area contributed by atoms with E-state index in [2.05, 4.69) is 26.1 Å². The average molecular weight is 299 g/mol. The van der Waals surface area contributed by atoms with Gasteiger partial charge in [-0.25, -0.2) is 0 Å². The van der Waals surface area contributed by atoms with Gasteiger partial charge in [0.25, 0.3) is 0 Å². The number of rotatable bonds is 3. The lowest BCUT2D eigenvalue weighted by Crippen LogP contribution is -2.38. The van der Waals surface area contributed by atoms with E-state index in [-0.39, 0.29) is 5.41 Å². The van der Waals surface area contributed by atoms with E-state index >= 15 is 0 Å². The Kier molecular flexibility index (Phi) is 4.54. The second-order valence-electron chi connectivity index (χ2n) is 6.92. The van der Waals surface area contributed by atoms with Crippen LogP contribution < -0.4 is 5.32 Å². The lowest BCUT2D eigenvalue weighted by molar-refractivity contribution is -0.137. The molecular weight excluding hydrogens is 275 g/mol. The van der Waals surface area contributed by atoms with Gasteiger partial charge < -0.3 is 5.32 Å². The fourth-order valence-corrected chi connectivity index (χ4v) is 3.55. The van der Waals surface area contributed by atoms with E-state index in [9.17, 15) is 13.2 Å². The van der Waals surface area contributed by atoms with Crippen molar-refractivity contribution in [1.29, 1.82) is 0 Å². The van der Waals surface area contributed by atoms with Crippen molar-refractivity contribution in [3.8, 4) is 0 Å². The number of alkyl halides is 3. The Hall–Kier alpha value is -1.19. The fraction of sp³-hybridized carbons (Fsp3) is 0.647. The normalized spacial score (nSPS) is 25.6. The van der Waals surface area contributed by atoms with Gasteiger partial charge >= 0.3 is 6.18 Å². The van der Waals surface area contributed by atoms with E-state index < -0.39 is 11.7 Å². The van der Waals surface area contributed by atoms with Crippen LogP contribution in [0.2, 0.25) is 0 Å². The Morgan fingerprint density at radius 3 is 2.62 bits per heavy atom. The molecule has 0 amide bonds. The molecular formula is C17H24F3N. The summed E-state index contributed by atoms with van der Waals surface area (Å²) in [6.07, 6.45) is -0.645. The third-order valence-electron chi connectivity index (χ3n) is 4.89. The molecule has 1 aliphatic carbocycles. The number of benzene rings is 1. The van der Waals surface area contributed by atoms with Crippen LogP contribution in [0.3, 0.4) is 0 Å². The zero-order chi connectivity index (χ0) is 15.7. The van der Waals surface area contributed by atoms with E-state index in [0.29, 0.717) is 17.5 Å². The first-order chi connectivity index (χ1) is 9.70. The maximum atomic E-state index is 12.7. The van der Waals surface area contributed by atoms with Gasteiger partial charge in [0.2, 0.25) is 0 Å². The van der Waals surface area contributed by atoms with Gasteiger partial charge in [-0.05, 0) is 41.9 Å². The Bertz CT molecular complexity index is 479. The molecule has 1 aromatic carbocycles. The second-order valence-corrected chi connectivity index (χ2v) is 6.92. The summed E-state index contributed by atoms with van der Waals surface area (Å²) in [6.45, 7) is 7.51. The molecule has 0 bridgehead atoms. The summed E-state index contributed by atoms with van der Waals surface area (Å²) in [6, 6.07) is 5.47. The summed E-state index contributed by atoms with van der Waals surface area (Å²) in [7, 11) is 0. The van der Waals surface area contributed by atoms with Crippen LogP contribution >= 0.6 is 0 Å². The van der Waals surface area contributed by atoms with Gasteiger partial charge in [-0.15, -0.1) is 0 Å². The van der Waals surface area contributed by atoms with Gasteiger partial charge in [0.05, 0.1) is 5.56 Å². The maximum absolute atomic E-state index is 12.7. The summed E-state index contributed by atoms with van der Waals surface area (Å²) in [4.78, 5) is 0. The van der Waals surface area contributed by atoms with Gasteiger partial charge in [0.1, 0.15) is 0 Å². The highest BCUT2D eigenvalue weighted by Gasteiger charge is 2.36. The van der Waals surface area contributed by atoms with Crippen molar-refractivity contribution in [2.45, 2.75) is 46.2 Å². The molecule has 1 aromatic rings. The SMILES string of the molecule is C[C@H]1CCCC(C)(C)[C@@H]1CNc1cccc(C(F)(F)F)c1. The quantitative estimate of drug-likeness (QED) is 0.768. The van der Waals surface area contributed by atoms with E-state index in [1.54, 1.807) is 6.07 Å². The predicted octanol–water partition coefficient (Wildman–Crippen LogP) is 5.58. The van der Waals surface area contributed by atoms with Gasteiger partial charge in [0.15, 0.2) is 0 Å². The lowest BCUT2D eigenvalue weighted by Gasteiger charge is -2.43. The van der Waals surface area contributed by atoms with E-state index in [0.717, 1.165) is 12.6 Å². The molecule has 0 aliphatic heterocycles. The predicted molar refractivity (Wildman–Crippen MR) is 80.2 cm³/mol. The van der Waals surface area contributed by atoms with Crippen LogP contribution in [0.25, 0.3) is 0 Å². The highest BCUT2D eigenvalue weighted by atomic mass is 19.4. The first-order valence-corrected chi connectivity index (χ1v) is 7.61. The minimum Gasteiger partial charge on any atom is -0.385 e. The monoisotopic (exact) mass is 299 g/mol. The minimum absolute atomic E-state index is 0.242. The molecule has 4 heteroatoms. The van der Waals surface area contributed by atoms with Crippen LogP contribution in [0.5, 0.6) is 0 Å². The summed E-state index contributed by atoms with van der Waals surface area (Å²) in [5.41, 5.74) is 0.202. The van der Waals surface area contributed by atoms with Crippen molar-refractivity contribution in [2.24, 2.45) is 17.3 Å². The van der Waals surface area contributed by atoms with Gasteiger partial charge in [-0.2, -0.15) is 13.2 Å². The zero-order valence-electron chi connectivity index (χ0n) is 12.9. The molecule has 0 unspecified atom stereocenters. The summed E-state index contributed by atoms with van der Waals surface area (Å²) in [5, 5.41) is 3.21. The largest absolute Gasteiger partial charge is 0.416 e. The van der Waals surface area contributed by atoms with Crippen molar-refractivity contribution >= 4 is 5.69 Å². The van der Waals surface area contributed by atoms with Crippen LogP contribution in [0.15, 0.2) is 24.3 Å². The summed E-state index contributed by atoms with van der Waals surface area (Å²) >= 11 is 0. The van der Waals surface area contributed by atoms with Crippen LogP contribution in [0, 0.1) is 17.3 Å². The molecule has 2 atom stereocenters. The minimum atomic E-state index is -4.28. The zero-order valence-corrected chi connectivity index (χ0v) is 12.9. The molecule has 2 rings (SSSR count). The average Bonchev–Trinajstić information content (AvgIpc) is 2.36. The molecule has 1 saturated carbocycles. The topological polar surface area (TPSA) is 12.0 Å². The molecule has 0 saturated heterocycles. The van der Waals surface area contributed by atoms with Crippen LogP contribution in [-0.4, -0.2) is 6.54 Å². The third kappa shape index (κ3) is 3.92. The van der Waals surface area contributed by atoms with E-state index in [1.807, 2.05) is 0 Å². The lowest BCUT2D eigenvalue weighted by atomic mass is 9.64. The van der Waals surface area contributed by atoms with E-state index in [1.165, 1.54) is 31.4 Å². The summed E-state index contributed by atoms with van der Waals surface area (Å²) < 4.78 is 38.2. The molecule has 0 aromatic heterocycles. The molecule has 1 N–H and O–H groups in total. The first-order valence-electron chi connectivity index (χ1n) is 7.61. The Balaban J connectivity index is 2.05. The Labute approximate surface area is 124 Å². The standard InChI is InChI=1S/C17H24F3N/c1-12-6-5-9-16(2,3)15(12)11-21-14-8-4-7-13(10-14)17(18,19)20/h4,7-8,10,12,15,21H,5-6,9,11H2,1-3H3/t12-,15+/m0/s1. The maximum Gasteiger partial charge on any atom is 0.416 e. The summed E-state index contributed by atoms with van der Waals surface area (Å²) in [5.74, 6) is 1.09. The molecule has 1 aliphatic rings. The molecule has 0 heterocycles. The number of anilines is 1. The molecule has 1 fully saturated rings. The first kappa shape index (κ1) is 16.2. The van der Waals surface area contributed by atoms with Crippen LogP contribution in [0.4, 0.5) is 18.9 Å². The number of hydrogen-bond acceptors (Lipinski definition) is 1. The number of nitrogens with one attached hydrogen (secondary N) is 1. The van der Waals surface area contributed by atoms with Crippen molar-refractivity contribution in [1.82, 2.24) is 0 Å². The van der Waals surface area contributed by atoms with Crippen molar-refractivity contribution < 1.29 is 13.2 Å². The molecule has 0 radical (unpaired) electrons. The highest BCUT2D eigenvalue weighted by Crippen LogP contribution is 2.43. The molecule has 1 nitrogen and oxygen atoms in total.